The van der Waals surface area contributed by atoms with Crippen LogP contribution in [-0.4, -0.2) is 26.2 Å². The molecule has 0 radical (unpaired) electrons. The minimum atomic E-state index is -4.65. The Labute approximate surface area is 191 Å². The van der Waals surface area contributed by atoms with Crippen molar-refractivity contribution in [3.05, 3.63) is 80.2 Å². The molecule has 0 aliphatic heterocycles. The summed E-state index contributed by atoms with van der Waals surface area (Å²) in [6.07, 6.45) is -1.76. The summed E-state index contributed by atoms with van der Waals surface area (Å²) in [6.45, 7) is 5.67. The molecule has 32 heavy (non-hydrogen) atoms. The number of aliphatic hydroxyl groups excluding tert-OH is 1. The number of rotatable bonds is 6. The van der Waals surface area contributed by atoms with Crippen molar-refractivity contribution in [2.24, 2.45) is 0 Å². The number of halogens is 4. The zero-order valence-electron chi connectivity index (χ0n) is 17.6. The first-order valence-electron chi connectivity index (χ1n) is 9.86. The number of alkyl halides is 3. The van der Waals surface area contributed by atoms with E-state index < -0.39 is 23.5 Å². The van der Waals surface area contributed by atoms with Crippen molar-refractivity contribution in [2.75, 3.05) is 6.54 Å². The van der Waals surface area contributed by atoms with Crippen LogP contribution in [0.4, 0.5) is 13.2 Å². The van der Waals surface area contributed by atoms with Crippen molar-refractivity contribution < 1.29 is 18.3 Å². The molecule has 0 bridgehead atoms. The molecule has 3 rings (SSSR count). The highest BCUT2D eigenvalue weighted by molar-refractivity contribution is 9.10. The SMILES string of the molecule is CCNC(O)c1cn(C(C)c2ccc(Br)cn2)c(C)c(-c2ccnc(C(F)(F)F)c2)c1=O. The first kappa shape index (κ1) is 24.1. The Balaban J connectivity index is 2.27. The second kappa shape index (κ2) is 9.51. The molecule has 3 aromatic rings. The van der Waals surface area contributed by atoms with E-state index in [0.29, 0.717) is 17.9 Å². The summed E-state index contributed by atoms with van der Waals surface area (Å²) in [7, 11) is 0. The number of nitrogens with zero attached hydrogens (tertiary/aromatic N) is 3. The number of nitrogens with one attached hydrogen (secondary N) is 1. The summed E-state index contributed by atoms with van der Waals surface area (Å²) in [5.41, 5.74) is -0.356. The van der Waals surface area contributed by atoms with Crippen LogP contribution in [-0.2, 0) is 6.18 Å². The molecule has 3 aromatic heterocycles. The maximum atomic E-state index is 13.3. The zero-order chi connectivity index (χ0) is 23.6. The van der Waals surface area contributed by atoms with Crippen molar-refractivity contribution in [2.45, 2.75) is 39.2 Å². The van der Waals surface area contributed by atoms with Gasteiger partial charge in [0.25, 0.3) is 0 Å². The van der Waals surface area contributed by atoms with E-state index in [2.05, 4.69) is 31.2 Å². The largest absolute Gasteiger partial charge is 0.433 e. The Morgan fingerprint density at radius 2 is 1.97 bits per heavy atom. The predicted octanol–water partition coefficient (Wildman–Crippen LogP) is 4.60. The molecule has 0 aromatic carbocycles. The van der Waals surface area contributed by atoms with E-state index in [1.807, 2.05) is 13.0 Å². The molecular formula is C22H22BrF3N4O2. The van der Waals surface area contributed by atoms with Crippen molar-refractivity contribution >= 4 is 15.9 Å². The topological polar surface area (TPSA) is 80.0 Å². The van der Waals surface area contributed by atoms with Gasteiger partial charge in [0.2, 0.25) is 0 Å². The quantitative estimate of drug-likeness (QED) is 0.473. The maximum absolute atomic E-state index is 13.3. The monoisotopic (exact) mass is 510 g/mol. The van der Waals surface area contributed by atoms with Gasteiger partial charge in [-0.3, -0.25) is 20.1 Å². The normalized spacial score (nSPS) is 13.8. The van der Waals surface area contributed by atoms with E-state index in [9.17, 15) is 23.1 Å². The summed E-state index contributed by atoms with van der Waals surface area (Å²) >= 11 is 3.34. The van der Waals surface area contributed by atoms with E-state index in [1.165, 1.54) is 12.3 Å². The van der Waals surface area contributed by atoms with Crippen LogP contribution in [0.2, 0.25) is 0 Å². The van der Waals surface area contributed by atoms with Gasteiger partial charge >= 0.3 is 6.18 Å². The van der Waals surface area contributed by atoms with Crippen LogP contribution >= 0.6 is 15.9 Å². The van der Waals surface area contributed by atoms with Crippen LogP contribution in [0.25, 0.3) is 11.1 Å². The van der Waals surface area contributed by atoms with Crippen molar-refractivity contribution in [1.29, 1.82) is 0 Å². The van der Waals surface area contributed by atoms with Crippen molar-refractivity contribution in [1.82, 2.24) is 19.9 Å². The van der Waals surface area contributed by atoms with Crippen LogP contribution in [0.5, 0.6) is 0 Å². The van der Waals surface area contributed by atoms with Crippen LogP contribution in [0, 0.1) is 6.92 Å². The predicted molar refractivity (Wildman–Crippen MR) is 118 cm³/mol. The number of hydrogen-bond donors (Lipinski definition) is 2. The standard InChI is InChI=1S/C22H22BrF3N4O2/c1-4-27-21(32)16-11-30(12(2)17-6-5-15(23)10-29-17)13(3)19(20(16)31)14-7-8-28-18(9-14)22(24,25)26/h5-12,21,27,32H,4H2,1-3H3. The van der Waals surface area contributed by atoms with Gasteiger partial charge in [0.15, 0.2) is 5.43 Å². The molecule has 0 fully saturated rings. The average molecular weight is 511 g/mol. The summed E-state index contributed by atoms with van der Waals surface area (Å²) in [5, 5.41) is 13.3. The highest BCUT2D eigenvalue weighted by Crippen LogP contribution is 2.32. The molecule has 2 atom stereocenters. The second-order valence-corrected chi connectivity index (χ2v) is 8.16. The molecule has 3 heterocycles. The first-order valence-corrected chi connectivity index (χ1v) is 10.7. The Morgan fingerprint density at radius 3 is 2.56 bits per heavy atom. The summed E-state index contributed by atoms with van der Waals surface area (Å²) < 4.78 is 42.3. The molecule has 170 valence electrons. The van der Waals surface area contributed by atoms with Crippen molar-refractivity contribution in [3.8, 4) is 11.1 Å². The molecule has 0 saturated carbocycles. The van der Waals surface area contributed by atoms with E-state index in [-0.39, 0.29) is 22.7 Å². The second-order valence-electron chi connectivity index (χ2n) is 7.25. The lowest BCUT2D eigenvalue weighted by atomic mass is 9.99. The van der Waals surface area contributed by atoms with Gasteiger partial charge in [0.05, 0.1) is 17.3 Å². The molecule has 0 spiro atoms. The Hall–Kier alpha value is -2.56. The van der Waals surface area contributed by atoms with Crippen LogP contribution in [0.1, 0.15) is 48.8 Å². The third-order valence-corrected chi connectivity index (χ3v) is 5.61. The lowest BCUT2D eigenvalue weighted by Crippen LogP contribution is -2.29. The fraction of sp³-hybridized carbons (Fsp3) is 0.318. The summed E-state index contributed by atoms with van der Waals surface area (Å²) in [4.78, 5) is 21.1. The van der Waals surface area contributed by atoms with E-state index in [4.69, 9.17) is 0 Å². The molecule has 0 saturated heterocycles. The van der Waals surface area contributed by atoms with E-state index in [0.717, 1.165) is 16.7 Å². The Kier molecular flexibility index (Phi) is 7.16. The highest BCUT2D eigenvalue weighted by atomic mass is 79.9. The third kappa shape index (κ3) is 4.92. The van der Waals surface area contributed by atoms with Gasteiger partial charge in [0, 0.05) is 34.3 Å². The Morgan fingerprint density at radius 1 is 1.25 bits per heavy atom. The maximum Gasteiger partial charge on any atom is 0.433 e. The van der Waals surface area contributed by atoms with Gasteiger partial charge in [0.1, 0.15) is 11.9 Å². The van der Waals surface area contributed by atoms with Gasteiger partial charge in [-0.2, -0.15) is 13.2 Å². The van der Waals surface area contributed by atoms with Gasteiger partial charge in [-0.05, 0) is 66.2 Å². The fourth-order valence-corrected chi connectivity index (χ4v) is 3.74. The van der Waals surface area contributed by atoms with Crippen LogP contribution in [0.3, 0.4) is 0 Å². The first-order chi connectivity index (χ1) is 15.0. The van der Waals surface area contributed by atoms with Gasteiger partial charge < -0.3 is 9.67 Å². The zero-order valence-corrected chi connectivity index (χ0v) is 19.2. The summed E-state index contributed by atoms with van der Waals surface area (Å²) in [5.74, 6) is 0. The molecule has 10 heteroatoms. The lowest BCUT2D eigenvalue weighted by Gasteiger charge is -2.24. The molecular weight excluding hydrogens is 489 g/mol. The smallest absolute Gasteiger partial charge is 0.374 e. The average Bonchev–Trinajstić information content (AvgIpc) is 2.74. The fourth-order valence-electron chi connectivity index (χ4n) is 3.50. The van der Waals surface area contributed by atoms with E-state index in [1.54, 1.807) is 30.7 Å². The third-order valence-electron chi connectivity index (χ3n) is 5.14. The highest BCUT2D eigenvalue weighted by Gasteiger charge is 2.33. The van der Waals surface area contributed by atoms with Crippen molar-refractivity contribution in [3.63, 3.8) is 0 Å². The molecule has 0 aliphatic carbocycles. The molecule has 2 unspecified atom stereocenters. The minimum absolute atomic E-state index is 0.0294. The van der Waals surface area contributed by atoms with E-state index >= 15 is 0 Å². The van der Waals surface area contributed by atoms with Crippen LogP contribution < -0.4 is 10.7 Å². The number of aliphatic hydroxyl groups is 1. The van der Waals surface area contributed by atoms with Gasteiger partial charge in [-0.15, -0.1) is 0 Å². The van der Waals surface area contributed by atoms with Gasteiger partial charge in [-0.25, -0.2) is 0 Å². The van der Waals surface area contributed by atoms with Crippen LogP contribution in [0.15, 0.2) is 52.1 Å². The molecule has 0 amide bonds. The molecule has 0 aliphatic rings. The lowest BCUT2D eigenvalue weighted by molar-refractivity contribution is -0.141. The number of aromatic nitrogens is 3. The van der Waals surface area contributed by atoms with Gasteiger partial charge in [-0.1, -0.05) is 6.92 Å². The number of hydrogen-bond acceptors (Lipinski definition) is 5. The Bertz CT molecular complexity index is 1160. The molecule has 6 nitrogen and oxygen atoms in total. The summed E-state index contributed by atoms with van der Waals surface area (Å²) in [6, 6.07) is 5.47. The molecule has 2 N–H and O–H groups in total. The number of pyridine rings is 3. The minimum Gasteiger partial charge on any atom is -0.374 e.